The van der Waals surface area contributed by atoms with Gasteiger partial charge in [-0.15, -0.1) is 5.92 Å². The van der Waals surface area contributed by atoms with Crippen molar-refractivity contribution in [2.75, 3.05) is 0 Å². The fourth-order valence-electron chi connectivity index (χ4n) is 2.53. The third-order valence-corrected chi connectivity index (χ3v) is 3.95. The van der Waals surface area contributed by atoms with E-state index in [1.165, 1.54) is 38.5 Å². The summed E-state index contributed by atoms with van der Waals surface area (Å²) in [5.41, 5.74) is 1.96. The number of hydrogen-bond acceptors (Lipinski definition) is 0. The molecule has 0 aromatic rings. The van der Waals surface area contributed by atoms with E-state index >= 15 is 0 Å². The first-order chi connectivity index (χ1) is 8.06. The molecule has 0 radical (unpaired) electrons. The van der Waals surface area contributed by atoms with Gasteiger partial charge in [0, 0.05) is 12.3 Å². The Kier molecular flexibility index (Phi) is 5.83. The highest BCUT2D eigenvalue weighted by Crippen LogP contribution is 2.37. The van der Waals surface area contributed by atoms with E-state index in [9.17, 15) is 0 Å². The van der Waals surface area contributed by atoms with Gasteiger partial charge < -0.3 is 0 Å². The fraction of sp³-hybridized carbons (Fsp3) is 0.765. The standard InChI is InChI=1S/C17H28/c1-5-6-10-15(2)12-13-16-11-8-7-9-14-17(16,3)4/h10,16H,5-7,9,12-14H2,1-4H3/b15-10+. The van der Waals surface area contributed by atoms with Crippen LogP contribution in [-0.2, 0) is 0 Å². The number of allylic oxidation sites excluding steroid dienone is 2. The van der Waals surface area contributed by atoms with Crippen molar-refractivity contribution in [2.45, 2.75) is 72.6 Å². The summed E-state index contributed by atoms with van der Waals surface area (Å²) in [6.07, 6.45) is 11.0. The van der Waals surface area contributed by atoms with Gasteiger partial charge in [-0.3, -0.25) is 0 Å². The first-order valence-electron chi connectivity index (χ1n) is 7.20. The Morgan fingerprint density at radius 3 is 2.88 bits per heavy atom. The molecule has 1 rings (SSSR count). The molecule has 1 atom stereocenters. The van der Waals surface area contributed by atoms with Crippen LogP contribution in [0.2, 0.25) is 0 Å². The van der Waals surface area contributed by atoms with Gasteiger partial charge >= 0.3 is 0 Å². The molecule has 0 fully saturated rings. The molecule has 1 unspecified atom stereocenters. The highest BCUT2D eigenvalue weighted by atomic mass is 14.3. The lowest BCUT2D eigenvalue weighted by Crippen LogP contribution is -2.22. The molecular weight excluding hydrogens is 204 g/mol. The van der Waals surface area contributed by atoms with Crippen molar-refractivity contribution in [3.8, 4) is 11.8 Å². The maximum absolute atomic E-state index is 3.51. The van der Waals surface area contributed by atoms with Crippen LogP contribution >= 0.6 is 0 Å². The molecule has 96 valence electrons. The summed E-state index contributed by atoms with van der Waals surface area (Å²) < 4.78 is 0. The molecule has 17 heavy (non-hydrogen) atoms. The zero-order chi connectivity index (χ0) is 12.7. The topological polar surface area (TPSA) is 0 Å². The van der Waals surface area contributed by atoms with E-state index in [1.54, 1.807) is 5.57 Å². The van der Waals surface area contributed by atoms with Crippen LogP contribution in [0.5, 0.6) is 0 Å². The smallest absolute Gasteiger partial charge is 0.0257 e. The number of hydrogen-bond donors (Lipinski definition) is 0. The summed E-state index contributed by atoms with van der Waals surface area (Å²) in [4.78, 5) is 0. The molecule has 0 saturated carbocycles. The summed E-state index contributed by atoms with van der Waals surface area (Å²) in [7, 11) is 0. The largest absolute Gasteiger partial charge is 0.103 e. The van der Waals surface area contributed by atoms with Crippen molar-refractivity contribution in [3.63, 3.8) is 0 Å². The second kappa shape index (κ2) is 6.90. The highest BCUT2D eigenvalue weighted by molar-refractivity contribution is 5.11. The van der Waals surface area contributed by atoms with Gasteiger partial charge in [-0.05, 0) is 44.4 Å². The normalized spacial score (nSPS) is 23.8. The molecule has 1 aliphatic rings. The summed E-state index contributed by atoms with van der Waals surface area (Å²) >= 11 is 0. The molecule has 0 heteroatoms. The van der Waals surface area contributed by atoms with E-state index < -0.39 is 0 Å². The van der Waals surface area contributed by atoms with Crippen LogP contribution < -0.4 is 0 Å². The van der Waals surface area contributed by atoms with Gasteiger partial charge in [-0.2, -0.15) is 0 Å². The average Bonchev–Trinajstić information content (AvgIpc) is 2.45. The van der Waals surface area contributed by atoms with Gasteiger partial charge in [0.1, 0.15) is 0 Å². The van der Waals surface area contributed by atoms with Crippen LogP contribution in [0.15, 0.2) is 11.6 Å². The Morgan fingerprint density at radius 1 is 1.41 bits per heavy atom. The predicted molar refractivity (Wildman–Crippen MR) is 76.8 cm³/mol. The Morgan fingerprint density at radius 2 is 2.18 bits per heavy atom. The summed E-state index contributed by atoms with van der Waals surface area (Å²) in [6.45, 7) is 9.29. The molecular formula is C17H28. The molecule has 0 nitrogen and oxygen atoms in total. The molecule has 0 aromatic heterocycles. The molecule has 0 spiro atoms. The maximum Gasteiger partial charge on any atom is 0.0257 e. The van der Waals surface area contributed by atoms with Crippen molar-refractivity contribution in [3.05, 3.63) is 11.6 Å². The Labute approximate surface area is 108 Å². The maximum atomic E-state index is 3.51. The van der Waals surface area contributed by atoms with Gasteiger partial charge in [0.05, 0.1) is 0 Å². The van der Waals surface area contributed by atoms with Gasteiger partial charge in [0.25, 0.3) is 0 Å². The van der Waals surface area contributed by atoms with E-state index in [0.29, 0.717) is 11.3 Å². The predicted octanol–water partition coefficient (Wildman–Crippen LogP) is 5.34. The van der Waals surface area contributed by atoms with Crippen molar-refractivity contribution in [1.82, 2.24) is 0 Å². The second-order valence-electron chi connectivity index (χ2n) is 6.09. The molecule has 0 saturated heterocycles. The lowest BCUT2D eigenvalue weighted by Gasteiger charge is -2.30. The van der Waals surface area contributed by atoms with Gasteiger partial charge in [0.15, 0.2) is 0 Å². The Hall–Kier alpha value is -0.700. The summed E-state index contributed by atoms with van der Waals surface area (Å²) in [6, 6.07) is 0. The zero-order valence-electron chi connectivity index (χ0n) is 12.1. The van der Waals surface area contributed by atoms with Crippen LogP contribution in [0.4, 0.5) is 0 Å². The molecule has 0 heterocycles. The minimum Gasteiger partial charge on any atom is -0.103 e. The third-order valence-electron chi connectivity index (χ3n) is 3.95. The minimum absolute atomic E-state index is 0.411. The van der Waals surface area contributed by atoms with Crippen LogP contribution in [0.3, 0.4) is 0 Å². The lowest BCUT2D eigenvalue weighted by atomic mass is 9.74. The van der Waals surface area contributed by atoms with Crippen molar-refractivity contribution in [1.29, 1.82) is 0 Å². The fourth-order valence-corrected chi connectivity index (χ4v) is 2.53. The van der Waals surface area contributed by atoms with Crippen LogP contribution in [0, 0.1) is 23.2 Å². The first-order valence-corrected chi connectivity index (χ1v) is 7.20. The summed E-state index contributed by atoms with van der Waals surface area (Å²) in [5, 5.41) is 0. The number of rotatable bonds is 5. The van der Waals surface area contributed by atoms with E-state index in [2.05, 4.69) is 45.6 Å². The zero-order valence-corrected chi connectivity index (χ0v) is 12.1. The van der Waals surface area contributed by atoms with Crippen molar-refractivity contribution in [2.24, 2.45) is 11.3 Å². The second-order valence-corrected chi connectivity index (χ2v) is 6.09. The molecule has 0 amide bonds. The van der Waals surface area contributed by atoms with E-state index in [-0.39, 0.29) is 0 Å². The molecule has 0 N–H and O–H groups in total. The van der Waals surface area contributed by atoms with Crippen molar-refractivity contribution < 1.29 is 0 Å². The van der Waals surface area contributed by atoms with E-state index in [4.69, 9.17) is 0 Å². The van der Waals surface area contributed by atoms with E-state index in [1.807, 2.05) is 0 Å². The third kappa shape index (κ3) is 4.99. The SMILES string of the molecule is CCC/C=C(\C)CCC1C#CCCCC1(C)C. The van der Waals surface area contributed by atoms with Gasteiger partial charge in [0.2, 0.25) is 0 Å². The van der Waals surface area contributed by atoms with Gasteiger partial charge in [-0.25, -0.2) is 0 Å². The van der Waals surface area contributed by atoms with Crippen LogP contribution in [0.1, 0.15) is 72.6 Å². The molecule has 0 bridgehead atoms. The van der Waals surface area contributed by atoms with Gasteiger partial charge in [-0.1, -0.05) is 44.8 Å². The minimum atomic E-state index is 0.411. The summed E-state index contributed by atoms with van der Waals surface area (Å²) in [5.74, 6) is 7.45. The lowest BCUT2D eigenvalue weighted by molar-refractivity contribution is 0.234. The molecule has 0 aromatic carbocycles. The Bertz CT molecular complexity index is 309. The van der Waals surface area contributed by atoms with Crippen LogP contribution in [-0.4, -0.2) is 0 Å². The Balaban J connectivity index is 2.50. The van der Waals surface area contributed by atoms with Crippen LogP contribution in [0.25, 0.3) is 0 Å². The first kappa shape index (κ1) is 14.4. The molecule has 0 aliphatic heterocycles. The monoisotopic (exact) mass is 232 g/mol. The quantitative estimate of drug-likeness (QED) is 0.443. The average molecular weight is 232 g/mol. The highest BCUT2D eigenvalue weighted by Gasteiger charge is 2.28. The molecule has 1 aliphatic carbocycles. The van der Waals surface area contributed by atoms with Crippen molar-refractivity contribution >= 4 is 0 Å². The number of unbranched alkanes of at least 4 members (excludes halogenated alkanes) is 1. The van der Waals surface area contributed by atoms with E-state index in [0.717, 1.165) is 6.42 Å².